The minimum Gasteiger partial charge on any atom is -0.466 e. The third-order valence-corrected chi connectivity index (χ3v) is 12.4. The number of nitrogens with zero attached hydrogens (tertiary/aromatic N) is 1. The molecule has 0 aromatic heterocycles. The van der Waals surface area contributed by atoms with Crippen LogP contribution in [0.2, 0.25) is 0 Å². The van der Waals surface area contributed by atoms with Crippen LogP contribution in [0.15, 0.2) is 0 Å². The maximum Gasteiger partial charge on any atom is 0.308 e. The van der Waals surface area contributed by atoms with Crippen molar-refractivity contribution in [3.8, 4) is 0 Å². The molecule has 56 heavy (non-hydrogen) atoms. The Morgan fingerprint density at radius 2 is 0.964 bits per heavy atom. The molecule has 0 saturated carbocycles. The Kier molecular flexibility index (Phi) is 35.2. The summed E-state index contributed by atoms with van der Waals surface area (Å²) in [7, 11) is 2.13. The van der Waals surface area contributed by atoms with Crippen LogP contribution in [0.25, 0.3) is 0 Å². The minimum absolute atomic E-state index is 0.00890. The number of ether oxygens (including phenoxy) is 3. The van der Waals surface area contributed by atoms with Crippen molar-refractivity contribution < 1.29 is 28.6 Å². The number of cyclic esters (lactones) is 2. The van der Waals surface area contributed by atoms with Gasteiger partial charge >= 0.3 is 17.9 Å². The zero-order valence-electron chi connectivity index (χ0n) is 37.9. The van der Waals surface area contributed by atoms with Crippen LogP contribution >= 0.6 is 0 Å². The van der Waals surface area contributed by atoms with Gasteiger partial charge in [0.1, 0.15) is 0 Å². The van der Waals surface area contributed by atoms with E-state index in [-0.39, 0.29) is 23.8 Å². The molecule has 0 spiro atoms. The number of hydrogen-bond donors (Lipinski definition) is 0. The van der Waals surface area contributed by atoms with Crippen LogP contribution in [0.1, 0.15) is 240 Å². The first-order valence-electron chi connectivity index (χ1n) is 24.4. The molecule has 1 heterocycles. The number of unbranched alkanes of at least 4 members (excludes halogenated alkanes) is 2. The van der Waals surface area contributed by atoms with Crippen LogP contribution < -0.4 is 0 Å². The predicted molar refractivity (Wildman–Crippen MR) is 235 cm³/mol. The molecule has 330 valence electrons. The Balaban J connectivity index is 2.63. The quantitative estimate of drug-likeness (QED) is 0.111. The SMILES string of the molecule is CCCCC1CCCCCCC(CCCC)CC(=O)OCCCCCCCCCCC(C(=O)OCCCN(C)C(C)C)CCCCCCCCCCOC(=O)C1. The first-order valence-corrected chi connectivity index (χ1v) is 24.4. The van der Waals surface area contributed by atoms with Gasteiger partial charge < -0.3 is 19.1 Å². The summed E-state index contributed by atoms with van der Waals surface area (Å²) >= 11 is 0. The highest BCUT2D eigenvalue weighted by Gasteiger charge is 2.20. The van der Waals surface area contributed by atoms with E-state index in [1.165, 1.54) is 116 Å². The van der Waals surface area contributed by atoms with E-state index in [1.54, 1.807) is 0 Å². The van der Waals surface area contributed by atoms with Crippen molar-refractivity contribution >= 4 is 17.9 Å². The van der Waals surface area contributed by atoms with Crippen molar-refractivity contribution in [2.45, 2.75) is 246 Å². The van der Waals surface area contributed by atoms with Crippen molar-refractivity contribution in [1.29, 1.82) is 0 Å². The Hall–Kier alpha value is -1.63. The molecule has 7 heteroatoms. The van der Waals surface area contributed by atoms with Gasteiger partial charge in [-0.2, -0.15) is 0 Å². The van der Waals surface area contributed by atoms with E-state index < -0.39 is 0 Å². The first-order chi connectivity index (χ1) is 27.3. The number of carbonyl (C=O) groups excluding carboxylic acids is 3. The normalized spacial score (nSPS) is 23.4. The Bertz CT molecular complexity index is 868. The largest absolute Gasteiger partial charge is 0.466 e. The van der Waals surface area contributed by atoms with Crippen molar-refractivity contribution in [2.75, 3.05) is 33.4 Å². The maximum absolute atomic E-state index is 13.1. The van der Waals surface area contributed by atoms with E-state index >= 15 is 0 Å². The summed E-state index contributed by atoms with van der Waals surface area (Å²) in [6.07, 6.45) is 36.3. The molecular weight excluding hydrogens is 699 g/mol. The number of hydrogen-bond acceptors (Lipinski definition) is 7. The maximum atomic E-state index is 13.1. The molecule has 2 unspecified atom stereocenters. The average molecular weight is 792 g/mol. The molecule has 0 N–H and O–H groups in total. The molecule has 1 saturated heterocycles. The van der Waals surface area contributed by atoms with Crippen molar-refractivity contribution in [2.24, 2.45) is 17.8 Å². The van der Waals surface area contributed by atoms with Gasteiger partial charge in [-0.25, -0.2) is 0 Å². The number of rotatable bonds is 12. The van der Waals surface area contributed by atoms with Gasteiger partial charge in [0.15, 0.2) is 0 Å². The highest BCUT2D eigenvalue weighted by atomic mass is 16.5. The Labute approximate surface area is 347 Å². The van der Waals surface area contributed by atoms with Gasteiger partial charge in [0.05, 0.1) is 25.7 Å². The summed E-state index contributed by atoms with van der Waals surface area (Å²) in [5, 5.41) is 0. The topological polar surface area (TPSA) is 82.1 Å². The van der Waals surface area contributed by atoms with E-state index in [1.807, 2.05) is 0 Å². The first kappa shape index (κ1) is 52.4. The van der Waals surface area contributed by atoms with E-state index in [0.29, 0.717) is 50.5 Å². The lowest BCUT2D eigenvalue weighted by molar-refractivity contribution is -0.149. The highest BCUT2D eigenvalue weighted by molar-refractivity contribution is 5.72. The summed E-state index contributed by atoms with van der Waals surface area (Å²) in [6.45, 7) is 11.4. The van der Waals surface area contributed by atoms with Gasteiger partial charge in [-0.05, 0) is 90.5 Å². The van der Waals surface area contributed by atoms with Crippen molar-refractivity contribution in [1.82, 2.24) is 4.90 Å². The molecule has 7 nitrogen and oxygen atoms in total. The van der Waals surface area contributed by atoms with Gasteiger partial charge in [0.25, 0.3) is 0 Å². The van der Waals surface area contributed by atoms with Gasteiger partial charge in [-0.3, -0.25) is 14.4 Å². The summed E-state index contributed by atoms with van der Waals surface area (Å²) in [5.74, 6) is 0.898. The minimum atomic E-state index is -0.00890. The van der Waals surface area contributed by atoms with Crippen LogP contribution in [0.5, 0.6) is 0 Å². The summed E-state index contributed by atoms with van der Waals surface area (Å²) in [5.41, 5.74) is 0. The monoisotopic (exact) mass is 792 g/mol. The molecule has 0 amide bonds. The lowest BCUT2D eigenvalue weighted by Gasteiger charge is -2.21. The second kappa shape index (κ2) is 37.6. The third-order valence-electron chi connectivity index (χ3n) is 12.4. The third kappa shape index (κ3) is 31.4. The zero-order valence-corrected chi connectivity index (χ0v) is 37.9. The fourth-order valence-corrected chi connectivity index (χ4v) is 8.21. The van der Waals surface area contributed by atoms with Gasteiger partial charge in [-0.15, -0.1) is 0 Å². The molecule has 1 aliphatic rings. The summed E-state index contributed by atoms with van der Waals surface area (Å²) in [6, 6.07) is 0.501. The zero-order chi connectivity index (χ0) is 40.9. The molecule has 0 bridgehead atoms. The van der Waals surface area contributed by atoms with Crippen LogP contribution in [-0.4, -0.2) is 62.3 Å². The van der Waals surface area contributed by atoms with Crippen molar-refractivity contribution in [3.05, 3.63) is 0 Å². The predicted octanol–water partition coefficient (Wildman–Crippen LogP) is 13.7. The fraction of sp³-hybridized carbons (Fsp3) is 0.939. The number of carbonyl (C=O) groups is 3. The molecule has 0 radical (unpaired) electrons. The van der Waals surface area contributed by atoms with Gasteiger partial charge in [0, 0.05) is 25.4 Å². The standard InChI is InChI=1S/C49H93NO6/c1-6-8-31-44-33-24-20-21-25-34-45(32-9-7-2)42-48(52)55-39-29-23-17-13-11-15-19-27-36-46(49(53)56-40-30-37-50(5)43(3)4)35-26-18-14-10-12-16-22-28-38-54-47(51)41-44/h43-46H,6-42H2,1-5H3. The molecule has 1 fully saturated rings. The van der Waals surface area contributed by atoms with Gasteiger partial charge in [0.2, 0.25) is 0 Å². The van der Waals surface area contributed by atoms with E-state index in [4.69, 9.17) is 14.2 Å². The Morgan fingerprint density at radius 3 is 1.36 bits per heavy atom. The van der Waals surface area contributed by atoms with Crippen molar-refractivity contribution in [3.63, 3.8) is 0 Å². The summed E-state index contributed by atoms with van der Waals surface area (Å²) in [4.78, 5) is 40.9. The van der Waals surface area contributed by atoms with E-state index in [0.717, 1.165) is 90.0 Å². The summed E-state index contributed by atoms with van der Waals surface area (Å²) < 4.78 is 17.2. The molecule has 0 aromatic rings. The molecule has 1 aliphatic heterocycles. The smallest absolute Gasteiger partial charge is 0.308 e. The van der Waals surface area contributed by atoms with Gasteiger partial charge in [-0.1, -0.05) is 155 Å². The highest BCUT2D eigenvalue weighted by Crippen LogP contribution is 2.25. The average Bonchev–Trinajstić information content (AvgIpc) is 3.18. The van der Waals surface area contributed by atoms with E-state index in [9.17, 15) is 14.4 Å². The second-order valence-corrected chi connectivity index (χ2v) is 17.9. The number of esters is 3. The van der Waals surface area contributed by atoms with Crippen LogP contribution in [0.4, 0.5) is 0 Å². The lowest BCUT2D eigenvalue weighted by atomic mass is 9.90. The molecular formula is C49H93NO6. The molecule has 0 aromatic carbocycles. The van der Waals surface area contributed by atoms with Crippen LogP contribution in [-0.2, 0) is 28.6 Å². The fourth-order valence-electron chi connectivity index (χ4n) is 8.21. The van der Waals surface area contributed by atoms with Crippen LogP contribution in [0.3, 0.4) is 0 Å². The van der Waals surface area contributed by atoms with E-state index in [2.05, 4.69) is 39.6 Å². The lowest BCUT2D eigenvalue weighted by Crippen LogP contribution is -2.28. The van der Waals surface area contributed by atoms with Crippen LogP contribution in [0, 0.1) is 17.8 Å². The molecule has 1 rings (SSSR count). The molecule has 2 atom stereocenters. The second-order valence-electron chi connectivity index (χ2n) is 17.9. The Morgan fingerprint density at radius 1 is 0.589 bits per heavy atom. The molecule has 0 aliphatic carbocycles.